The molecule has 0 saturated carbocycles. The second-order valence-corrected chi connectivity index (χ2v) is 5.71. The summed E-state index contributed by atoms with van der Waals surface area (Å²) in [6.07, 6.45) is 5.30. The molecule has 4 aromatic rings. The van der Waals surface area contributed by atoms with Gasteiger partial charge in [0.25, 0.3) is 0 Å². The molecule has 24 heavy (non-hydrogen) atoms. The lowest BCUT2D eigenvalue weighted by Crippen LogP contribution is -2.03. The molecule has 6 nitrogen and oxygen atoms in total. The minimum atomic E-state index is 0.618. The number of pyridine rings is 1. The molecule has 0 aromatic carbocycles. The highest BCUT2D eigenvalue weighted by atomic mass is 16.3. The van der Waals surface area contributed by atoms with Crippen molar-refractivity contribution in [3.05, 3.63) is 65.9 Å². The van der Waals surface area contributed by atoms with Crippen LogP contribution in [-0.2, 0) is 6.54 Å². The number of hydrogen-bond donors (Lipinski definition) is 1. The molecule has 4 rings (SSSR count). The van der Waals surface area contributed by atoms with E-state index in [-0.39, 0.29) is 0 Å². The Morgan fingerprint density at radius 3 is 2.83 bits per heavy atom. The summed E-state index contributed by atoms with van der Waals surface area (Å²) < 4.78 is 7.23. The van der Waals surface area contributed by atoms with Crippen molar-refractivity contribution >= 4 is 11.5 Å². The fraction of sp³-hybridized carbons (Fsp3) is 0.167. The molecule has 0 fully saturated rings. The van der Waals surface area contributed by atoms with Crippen molar-refractivity contribution in [3.8, 4) is 11.3 Å². The van der Waals surface area contributed by atoms with E-state index in [1.807, 2.05) is 54.9 Å². The number of anilines is 1. The van der Waals surface area contributed by atoms with Crippen LogP contribution in [0.1, 0.15) is 17.0 Å². The van der Waals surface area contributed by atoms with Crippen molar-refractivity contribution in [2.24, 2.45) is 0 Å². The van der Waals surface area contributed by atoms with Gasteiger partial charge in [0.2, 0.25) is 0 Å². The number of hydrogen-bond acceptors (Lipinski definition) is 5. The summed E-state index contributed by atoms with van der Waals surface area (Å²) in [4.78, 5) is 9.01. The molecule has 6 heteroatoms. The predicted octanol–water partition coefficient (Wildman–Crippen LogP) is 3.61. The average Bonchev–Trinajstić information content (AvgIpc) is 3.23. The van der Waals surface area contributed by atoms with Crippen molar-refractivity contribution in [1.29, 1.82) is 0 Å². The van der Waals surface area contributed by atoms with Crippen LogP contribution in [0.3, 0.4) is 0 Å². The molecular formula is C18H17N5O. The summed E-state index contributed by atoms with van der Waals surface area (Å²) >= 11 is 0. The Balaban J connectivity index is 1.53. The van der Waals surface area contributed by atoms with Gasteiger partial charge >= 0.3 is 0 Å². The number of rotatable bonds is 4. The summed E-state index contributed by atoms with van der Waals surface area (Å²) in [6, 6.07) is 9.72. The zero-order valence-electron chi connectivity index (χ0n) is 13.5. The first-order valence-electron chi connectivity index (χ1n) is 7.75. The monoisotopic (exact) mass is 319 g/mol. The molecule has 0 bridgehead atoms. The van der Waals surface area contributed by atoms with Crippen molar-refractivity contribution in [3.63, 3.8) is 0 Å². The van der Waals surface area contributed by atoms with E-state index in [1.54, 1.807) is 12.5 Å². The summed E-state index contributed by atoms with van der Waals surface area (Å²) in [5, 5.41) is 7.72. The van der Waals surface area contributed by atoms with Crippen LogP contribution in [0, 0.1) is 13.8 Å². The molecule has 0 saturated heterocycles. The Labute approximate surface area is 139 Å². The summed E-state index contributed by atoms with van der Waals surface area (Å²) in [5.41, 5.74) is 4.94. The van der Waals surface area contributed by atoms with E-state index in [0.717, 1.165) is 39.7 Å². The van der Waals surface area contributed by atoms with Crippen LogP contribution in [0.2, 0.25) is 0 Å². The van der Waals surface area contributed by atoms with Crippen LogP contribution in [0.25, 0.3) is 17.0 Å². The van der Waals surface area contributed by atoms with Crippen molar-refractivity contribution in [1.82, 2.24) is 19.6 Å². The van der Waals surface area contributed by atoms with E-state index >= 15 is 0 Å². The van der Waals surface area contributed by atoms with Crippen LogP contribution in [0.5, 0.6) is 0 Å². The van der Waals surface area contributed by atoms with Crippen molar-refractivity contribution in [2.75, 3.05) is 5.32 Å². The molecular weight excluding hydrogens is 302 g/mol. The lowest BCUT2D eigenvalue weighted by molar-refractivity contribution is 0.582. The fourth-order valence-corrected chi connectivity index (χ4v) is 2.71. The van der Waals surface area contributed by atoms with E-state index in [1.165, 1.54) is 0 Å². The topological polar surface area (TPSA) is 68.2 Å². The van der Waals surface area contributed by atoms with Gasteiger partial charge in [-0.2, -0.15) is 5.10 Å². The maximum Gasteiger partial charge on any atom is 0.160 e. The molecule has 0 amide bonds. The first-order valence-corrected chi connectivity index (χ1v) is 7.75. The van der Waals surface area contributed by atoms with E-state index in [9.17, 15) is 0 Å². The molecule has 0 aliphatic rings. The van der Waals surface area contributed by atoms with Gasteiger partial charge in [-0.05, 0) is 44.2 Å². The number of aromatic nitrogens is 4. The zero-order valence-corrected chi connectivity index (χ0v) is 13.5. The van der Waals surface area contributed by atoms with Gasteiger partial charge in [-0.1, -0.05) is 0 Å². The number of fused-ring (bicyclic) bond motifs is 1. The van der Waals surface area contributed by atoms with E-state index < -0.39 is 0 Å². The molecule has 4 heterocycles. The number of aryl methyl sites for hydroxylation is 2. The van der Waals surface area contributed by atoms with Gasteiger partial charge in [0, 0.05) is 35.3 Å². The Morgan fingerprint density at radius 2 is 2.08 bits per heavy atom. The Kier molecular flexibility index (Phi) is 3.49. The van der Waals surface area contributed by atoms with Crippen LogP contribution in [0.4, 0.5) is 5.82 Å². The van der Waals surface area contributed by atoms with Gasteiger partial charge in [0.1, 0.15) is 11.6 Å². The zero-order chi connectivity index (χ0) is 16.5. The molecule has 0 unspecified atom stereocenters. The van der Waals surface area contributed by atoms with Gasteiger partial charge in [0.05, 0.1) is 12.5 Å². The average molecular weight is 319 g/mol. The smallest absolute Gasteiger partial charge is 0.160 e. The molecule has 0 radical (unpaired) electrons. The first-order chi connectivity index (χ1) is 11.7. The van der Waals surface area contributed by atoms with E-state index in [0.29, 0.717) is 6.54 Å². The lowest BCUT2D eigenvalue weighted by atomic mass is 10.2. The molecule has 120 valence electrons. The molecule has 0 aliphatic carbocycles. The third kappa shape index (κ3) is 2.62. The first kappa shape index (κ1) is 14.4. The molecule has 0 spiro atoms. The number of furan rings is 1. The van der Waals surface area contributed by atoms with Crippen LogP contribution < -0.4 is 5.32 Å². The highest BCUT2D eigenvalue weighted by Gasteiger charge is 2.08. The van der Waals surface area contributed by atoms with E-state index in [2.05, 4.69) is 20.4 Å². The SMILES string of the molecule is Cc1cc(C)n2ncc(CNc3ccc(-c4ccco4)cn3)c2n1. The maximum absolute atomic E-state index is 5.37. The van der Waals surface area contributed by atoms with Gasteiger partial charge in [0.15, 0.2) is 5.65 Å². The Bertz CT molecular complexity index is 971. The summed E-state index contributed by atoms with van der Waals surface area (Å²) in [6.45, 7) is 4.64. The third-order valence-corrected chi connectivity index (χ3v) is 3.88. The lowest BCUT2D eigenvalue weighted by Gasteiger charge is -2.06. The largest absolute Gasteiger partial charge is 0.464 e. The third-order valence-electron chi connectivity index (χ3n) is 3.88. The molecule has 0 aliphatic heterocycles. The molecule has 1 N–H and O–H groups in total. The Morgan fingerprint density at radius 1 is 1.17 bits per heavy atom. The normalized spacial score (nSPS) is 11.1. The van der Waals surface area contributed by atoms with Crippen LogP contribution >= 0.6 is 0 Å². The summed E-state index contributed by atoms with van der Waals surface area (Å²) in [7, 11) is 0. The van der Waals surface area contributed by atoms with Gasteiger partial charge < -0.3 is 9.73 Å². The number of nitrogens with one attached hydrogen (secondary N) is 1. The van der Waals surface area contributed by atoms with Crippen molar-refractivity contribution < 1.29 is 4.42 Å². The quantitative estimate of drug-likeness (QED) is 0.622. The van der Waals surface area contributed by atoms with Gasteiger partial charge in [-0.15, -0.1) is 0 Å². The Hall–Kier alpha value is -3.15. The van der Waals surface area contributed by atoms with Crippen molar-refractivity contribution in [2.45, 2.75) is 20.4 Å². The molecule has 4 aromatic heterocycles. The highest BCUT2D eigenvalue weighted by Crippen LogP contribution is 2.20. The standard InChI is InChI=1S/C18H17N5O/c1-12-8-13(2)23-18(22-12)15(11-21-23)10-20-17-6-5-14(9-19-17)16-4-3-7-24-16/h3-9,11H,10H2,1-2H3,(H,19,20). The predicted molar refractivity (Wildman–Crippen MR) is 91.7 cm³/mol. The molecule has 0 atom stereocenters. The highest BCUT2D eigenvalue weighted by molar-refractivity contribution is 5.58. The van der Waals surface area contributed by atoms with Crippen LogP contribution in [0.15, 0.2) is 53.4 Å². The minimum absolute atomic E-state index is 0.618. The van der Waals surface area contributed by atoms with Gasteiger partial charge in [-0.3, -0.25) is 0 Å². The summed E-state index contributed by atoms with van der Waals surface area (Å²) in [5.74, 6) is 1.61. The van der Waals surface area contributed by atoms with Crippen LogP contribution in [-0.4, -0.2) is 19.6 Å². The van der Waals surface area contributed by atoms with Gasteiger partial charge in [-0.25, -0.2) is 14.5 Å². The number of nitrogens with zero attached hydrogens (tertiary/aromatic N) is 4. The fourth-order valence-electron chi connectivity index (χ4n) is 2.71. The second kappa shape index (κ2) is 5.81. The maximum atomic E-state index is 5.37. The minimum Gasteiger partial charge on any atom is -0.464 e. The second-order valence-electron chi connectivity index (χ2n) is 5.71. The van der Waals surface area contributed by atoms with E-state index in [4.69, 9.17) is 4.42 Å².